The fourth-order valence-corrected chi connectivity index (χ4v) is 3.17. The standard InChI is InChI=1S/C19H28N2O4/c1-19(2,3)17(22)20-12-10-14(11-13-20)21(18(23)25-5)15-8-6-7-9-16(15)24-4/h6-9,14H,10-13H2,1-5H3. The third kappa shape index (κ3) is 4.24. The number of nitrogens with zero attached hydrogens (tertiary/aromatic N) is 2. The monoisotopic (exact) mass is 348 g/mol. The number of ether oxygens (including phenoxy) is 2. The van der Waals surface area contributed by atoms with Crippen molar-refractivity contribution in [2.75, 3.05) is 32.2 Å². The summed E-state index contributed by atoms with van der Waals surface area (Å²) in [4.78, 5) is 28.4. The number of rotatable bonds is 3. The molecule has 1 aliphatic rings. The summed E-state index contributed by atoms with van der Waals surface area (Å²) in [5.74, 6) is 0.772. The van der Waals surface area contributed by atoms with Gasteiger partial charge in [-0.05, 0) is 25.0 Å². The van der Waals surface area contributed by atoms with Crippen LogP contribution < -0.4 is 9.64 Å². The van der Waals surface area contributed by atoms with Gasteiger partial charge in [-0.15, -0.1) is 0 Å². The first-order valence-corrected chi connectivity index (χ1v) is 8.59. The van der Waals surface area contributed by atoms with Crippen LogP contribution >= 0.6 is 0 Å². The van der Waals surface area contributed by atoms with Crippen LogP contribution in [0.1, 0.15) is 33.6 Å². The van der Waals surface area contributed by atoms with Crippen LogP contribution in [0.3, 0.4) is 0 Å². The van der Waals surface area contributed by atoms with Gasteiger partial charge in [0.1, 0.15) is 5.75 Å². The molecule has 1 aromatic carbocycles. The molecule has 1 heterocycles. The largest absolute Gasteiger partial charge is 0.495 e. The van der Waals surface area contributed by atoms with Gasteiger partial charge in [0.05, 0.1) is 19.9 Å². The first-order valence-electron chi connectivity index (χ1n) is 8.59. The van der Waals surface area contributed by atoms with Gasteiger partial charge in [0.25, 0.3) is 0 Å². The first-order chi connectivity index (χ1) is 11.8. The molecule has 0 radical (unpaired) electrons. The van der Waals surface area contributed by atoms with Crippen LogP contribution in [0.2, 0.25) is 0 Å². The second-order valence-electron chi connectivity index (χ2n) is 7.29. The van der Waals surface area contributed by atoms with Gasteiger partial charge in [0.15, 0.2) is 0 Å². The van der Waals surface area contributed by atoms with Crippen molar-refractivity contribution in [3.05, 3.63) is 24.3 Å². The molecule has 1 aliphatic heterocycles. The summed E-state index contributed by atoms with van der Waals surface area (Å²) in [5.41, 5.74) is 0.301. The van der Waals surface area contributed by atoms with Crippen molar-refractivity contribution in [1.29, 1.82) is 0 Å². The van der Waals surface area contributed by atoms with Crippen LogP contribution in [0.4, 0.5) is 10.5 Å². The van der Waals surface area contributed by atoms with Gasteiger partial charge < -0.3 is 14.4 Å². The van der Waals surface area contributed by atoms with Gasteiger partial charge in [-0.25, -0.2) is 4.79 Å². The van der Waals surface area contributed by atoms with Crippen LogP contribution in [0.25, 0.3) is 0 Å². The Kier molecular flexibility index (Phi) is 5.93. The van der Waals surface area contributed by atoms with E-state index in [2.05, 4.69) is 0 Å². The Bertz CT molecular complexity index is 616. The highest BCUT2D eigenvalue weighted by Crippen LogP contribution is 2.33. The Morgan fingerprint density at radius 3 is 2.24 bits per heavy atom. The molecule has 0 spiro atoms. The molecule has 6 nitrogen and oxygen atoms in total. The lowest BCUT2D eigenvalue weighted by Gasteiger charge is -2.39. The second kappa shape index (κ2) is 7.76. The van der Waals surface area contributed by atoms with E-state index in [0.29, 0.717) is 37.4 Å². The van der Waals surface area contributed by atoms with E-state index in [-0.39, 0.29) is 11.9 Å². The number of benzene rings is 1. The van der Waals surface area contributed by atoms with Gasteiger partial charge in [-0.2, -0.15) is 0 Å². The van der Waals surface area contributed by atoms with E-state index in [1.54, 1.807) is 12.0 Å². The van der Waals surface area contributed by atoms with Crippen LogP contribution in [0, 0.1) is 5.41 Å². The van der Waals surface area contributed by atoms with E-state index in [0.717, 1.165) is 0 Å². The van der Waals surface area contributed by atoms with Gasteiger partial charge in [0, 0.05) is 24.5 Å². The zero-order valence-electron chi connectivity index (χ0n) is 15.7. The molecule has 0 saturated carbocycles. The summed E-state index contributed by atoms with van der Waals surface area (Å²) in [7, 11) is 2.96. The third-order valence-electron chi connectivity index (χ3n) is 4.47. The summed E-state index contributed by atoms with van der Waals surface area (Å²) >= 11 is 0. The molecule has 0 N–H and O–H groups in total. The summed E-state index contributed by atoms with van der Waals surface area (Å²) in [6, 6.07) is 7.37. The number of hydrogen-bond acceptors (Lipinski definition) is 4. The Morgan fingerprint density at radius 1 is 1.12 bits per heavy atom. The average molecular weight is 348 g/mol. The molecular formula is C19H28N2O4. The Labute approximate surface area is 149 Å². The van der Waals surface area contributed by atoms with E-state index in [9.17, 15) is 9.59 Å². The Hall–Kier alpha value is -2.24. The second-order valence-corrected chi connectivity index (χ2v) is 7.29. The van der Waals surface area contributed by atoms with Crippen LogP contribution in [0.5, 0.6) is 5.75 Å². The summed E-state index contributed by atoms with van der Waals surface area (Å²) in [5, 5.41) is 0. The molecule has 1 fully saturated rings. The van der Waals surface area contributed by atoms with Crippen molar-refractivity contribution in [3.63, 3.8) is 0 Å². The molecule has 0 unspecified atom stereocenters. The number of para-hydroxylation sites is 2. The SMILES string of the molecule is COC(=O)N(c1ccccc1OC)C1CCN(C(=O)C(C)(C)C)CC1. The van der Waals surface area contributed by atoms with E-state index in [1.165, 1.54) is 7.11 Å². The molecule has 0 aliphatic carbocycles. The maximum absolute atomic E-state index is 12.5. The molecule has 25 heavy (non-hydrogen) atoms. The van der Waals surface area contributed by atoms with Crippen molar-refractivity contribution in [2.45, 2.75) is 39.7 Å². The summed E-state index contributed by atoms with van der Waals surface area (Å²) in [6.45, 7) is 7.04. The maximum Gasteiger partial charge on any atom is 0.414 e. The smallest absolute Gasteiger partial charge is 0.414 e. The van der Waals surface area contributed by atoms with Crippen molar-refractivity contribution >= 4 is 17.7 Å². The normalized spacial score (nSPS) is 15.6. The highest BCUT2D eigenvalue weighted by Gasteiger charge is 2.35. The van der Waals surface area contributed by atoms with E-state index < -0.39 is 11.5 Å². The van der Waals surface area contributed by atoms with Crippen molar-refractivity contribution in [2.24, 2.45) is 5.41 Å². The van der Waals surface area contributed by atoms with Gasteiger partial charge >= 0.3 is 6.09 Å². The minimum atomic E-state index is -0.412. The number of amides is 2. The molecule has 2 amide bonds. The van der Waals surface area contributed by atoms with Crippen molar-refractivity contribution in [3.8, 4) is 5.75 Å². The highest BCUT2D eigenvalue weighted by atomic mass is 16.5. The molecule has 6 heteroatoms. The third-order valence-corrected chi connectivity index (χ3v) is 4.47. The first kappa shape index (κ1) is 19.1. The quantitative estimate of drug-likeness (QED) is 0.841. The van der Waals surface area contributed by atoms with Gasteiger partial charge in [-0.3, -0.25) is 9.69 Å². The zero-order valence-corrected chi connectivity index (χ0v) is 15.7. The number of likely N-dealkylation sites (tertiary alicyclic amines) is 1. The number of anilines is 1. The molecule has 0 aromatic heterocycles. The van der Waals surface area contributed by atoms with E-state index >= 15 is 0 Å². The van der Waals surface area contributed by atoms with E-state index in [4.69, 9.17) is 9.47 Å². The fraction of sp³-hybridized carbons (Fsp3) is 0.579. The predicted octanol–water partition coefficient (Wildman–Crippen LogP) is 3.31. The van der Waals surface area contributed by atoms with Crippen molar-refractivity contribution in [1.82, 2.24) is 4.90 Å². The lowest BCUT2D eigenvalue weighted by Crippen LogP contribution is -2.51. The maximum atomic E-state index is 12.5. The predicted molar refractivity (Wildman–Crippen MR) is 96.9 cm³/mol. The van der Waals surface area contributed by atoms with Crippen LogP contribution in [0.15, 0.2) is 24.3 Å². The molecule has 1 saturated heterocycles. The number of carbonyl (C=O) groups is 2. The summed E-state index contributed by atoms with van der Waals surface area (Å²) in [6.07, 6.45) is 0.995. The lowest BCUT2D eigenvalue weighted by molar-refractivity contribution is -0.140. The van der Waals surface area contributed by atoms with Gasteiger partial charge in [0.2, 0.25) is 5.91 Å². The van der Waals surface area contributed by atoms with E-state index in [1.807, 2.05) is 49.9 Å². The average Bonchev–Trinajstić information content (AvgIpc) is 2.61. The van der Waals surface area contributed by atoms with Crippen LogP contribution in [-0.4, -0.2) is 50.3 Å². The lowest BCUT2D eigenvalue weighted by atomic mass is 9.92. The van der Waals surface area contributed by atoms with Crippen molar-refractivity contribution < 1.29 is 19.1 Å². The minimum Gasteiger partial charge on any atom is -0.495 e. The molecular weight excluding hydrogens is 320 g/mol. The summed E-state index contributed by atoms with van der Waals surface area (Å²) < 4.78 is 10.4. The Morgan fingerprint density at radius 2 is 1.72 bits per heavy atom. The van der Waals surface area contributed by atoms with Crippen LogP contribution in [-0.2, 0) is 9.53 Å². The number of carbonyl (C=O) groups excluding carboxylic acids is 2. The zero-order chi connectivity index (χ0) is 18.6. The number of hydrogen-bond donors (Lipinski definition) is 0. The number of piperidine rings is 1. The highest BCUT2D eigenvalue weighted by molar-refractivity contribution is 5.90. The van der Waals surface area contributed by atoms with Gasteiger partial charge in [-0.1, -0.05) is 32.9 Å². The molecule has 2 rings (SSSR count). The minimum absolute atomic E-state index is 0.0345. The Balaban J connectivity index is 2.19. The fourth-order valence-electron chi connectivity index (χ4n) is 3.17. The molecule has 0 bridgehead atoms. The number of methoxy groups -OCH3 is 2. The topological polar surface area (TPSA) is 59.1 Å². The molecule has 1 aromatic rings. The molecule has 0 atom stereocenters. The molecule has 138 valence electrons.